The Kier molecular flexibility index (Phi) is 6.91. The number of pyridine rings is 1. The van der Waals surface area contributed by atoms with Crippen molar-refractivity contribution in [2.75, 3.05) is 32.1 Å². The van der Waals surface area contributed by atoms with Gasteiger partial charge in [-0.2, -0.15) is 0 Å². The molecule has 8 nitrogen and oxygen atoms in total. The Labute approximate surface area is 212 Å². The van der Waals surface area contributed by atoms with E-state index in [0.717, 1.165) is 36.6 Å². The van der Waals surface area contributed by atoms with E-state index in [9.17, 15) is 13.6 Å². The third kappa shape index (κ3) is 5.34. The standard InChI is InChI=1S/C27H26F2N6O2/c1-37-23-12-17(20-13-18(28)4-5-22(20)29)11-21-25(23)33-26(16-3-2-8-31-14-16)34-27(21)32-19-6-9-35(10-7-19)15-24(30)36/h2-5,8,11-14,19H,6-7,9-10,15H2,1H3,(H2,30,36)(H,32,33,34). The molecule has 3 heterocycles. The maximum atomic E-state index is 14.7. The summed E-state index contributed by atoms with van der Waals surface area (Å²) in [5, 5.41) is 4.14. The van der Waals surface area contributed by atoms with Gasteiger partial charge in [0, 0.05) is 48.0 Å². The van der Waals surface area contributed by atoms with Gasteiger partial charge in [0.25, 0.3) is 0 Å². The van der Waals surface area contributed by atoms with Crippen LogP contribution in [0.4, 0.5) is 14.6 Å². The lowest BCUT2D eigenvalue weighted by Crippen LogP contribution is -2.43. The van der Waals surface area contributed by atoms with E-state index in [4.69, 9.17) is 20.4 Å². The van der Waals surface area contributed by atoms with Gasteiger partial charge in [0.05, 0.1) is 13.7 Å². The zero-order valence-electron chi connectivity index (χ0n) is 20.2. The van der Waals surface area contributed by atoms with Gasteiger partial charge >= 0.3 is 0 Å². The second-order valence-corrected chi connectivity index (χ2v) is 9.00. The van der Waals surface area contributed by atoms with Gasteiger partial charge in [-0.3, -0.25) is 14.7 Å². The van der Waals surface area contributed by atoms with Crippen molar-refractivity contribution in [3.8, 4) is 28.3 Å². The van der Waals surface area contributed by atoms with Crippen LogP contribution in [0.3, 0.4) is 0 Å². The first kappa shape index (κ1) is 24.5. The molecule has 3 N–H and O–H groups in total. The summed E-state index contributed by atoms with van der Waals surface area (Å²) < 4.78 is 34.3. The fraction of sp³-hybridized carbons (Fsp3) is 0.259. The molecule has 0 unspecified atom stereocenters. The number of piperidine rings is 1. The number of hydrogen-bond donors (Lipinski definition) is 2. The molecule has 0 atom stereocenters. The zero-order valence-corrected chi connectivity index (χ0v) is 20.2. The number of carbonyl (C=O) groups is 1. The fourth-order valence-corrected chi connectivity index (χ4v) is 4.61. The Morgan fingerprint density at radius 2 is 1.95 bits per heavy atom. The van der Waals surface area contributed by atoms with E-state index >= 15 is 0 Å². The number of carbonyl (C=O) groups excluding carboxylic acids is 1. The number of nitrogens with one attached hydrogen (secondary N) is 1. The number of anilines is 1. The van der Waals surface area contributed by atoms with E-state index in [1.165, 1.54) is 7.11 Å². The summed E-state index contributed by atoms with van der Waals surface area (Å²) in [5.74, 6) is -0.0280. The van der Waals surface area contributed by atoms with Crippen LogP contribution in [0.5, 0.6) is 5.75 Å². The van der Waals surface area contributed by atoms with Crippen LogP contribution in [0.2, 0.25) is 0 Å². The van der Waals surface area contributed by atoms with Gasteiger partial charge in [0.2, 0.25) is 5.91 Å². The quantitative estimate of drug-likeness (QED) is 0.392. The Hall–Kier alpha value is -4.18. The number of halogens is 2. The van der Waals surface area contributed by atoms with Crippen molar-refractivity contribution >= 4 is 22.6 Å². The maximum Gasteiger partial charge on any atom is 0.231 e. The van der Waals surface area contributed by atoms with Gasteiger partial charge in [-0.15, -0.1) is 0 Å². The summed E-state index contributed by atoms with van der Waals surface area (Å²) in [5.41, 5.74) is 7.16. The number of hydrogen-bond acceptors (Lipinski definition) is 7. The van der Waals surface area contributed by atoms with E-state index in [1.54, 1.807) is 30.6 Å². The summed E-state index contributed by atoms with van der Waals surface area (Å²) in [6.07, 6.45) is 4.90. The summed E-state index contributed by atoms with van der Waals surface area (Å²) in [4.78, 5) is 27.1. The number of ether oxygens (including phenoxy) is 1. The molecule has 1 aliphatic rings. The van der Waals surface area contributed by atoms with Gasteiger partial charge in [-0.05, 0) is 60.9 Å². The Balaban J connectivity index is 1.60. The number of likely N-dealkylation sites (tertiary alicyclic amines) is 1. The average molecular weight is 505 g/mol. The molecule has 37 heavy (non-hydrogen) atoms. The first-order valence-corrected chi connectivity index (χ1v) is 11.9. The minimum Gasteiger partial charge on any atom is -0.494 e. The van der Waals surface area contributed by atoms with Crippen molar-refractivity contribution in [1.29, 1.82) is 0 Å². The highest BCUT2D eigenvalue weighted by Gasteiger charge is 2.23. The lowest BCUT2D eigenvalue weighted by molar-refractivity contribution is -0.119. The van der Waals surface area contributed by atoms with E-state index < -0.39 is 11.6 Å². The largest absolute Gasteiger partial charge is 0.494 e. The molecule has 2 aromatic carbocycles. The fourth-order valence-electron chi connectivity index (χ4n) is 4.61. The second kappa shape index (κ2) is 10.4. The molecule has 0 radical (unpaired) electrons. The molecule has 1 fully saturated rings. The number of fused-ring (bicyclic) bond motifs is 1. The number of nitrogens with two attached hydrogens (primary N) is 1. The molecule has 1 saturated heterocycles. The molecule has 2 aromatic heterocycles. The second-order valence-electron chi connectivity index (χ2n) is 9.00. The minimum absolute atomic E-state index is 0.0736. The van der Waals surface area contributed by atoms with Crippen molar-refractivity contribution < 1.29 is 18.3 Å². The average Bonchev–Trinajstić information content (AvgIpc) is 2.90. The molecule has 190 valence electrons. The van der Waals surface area contributed by atoms with Crippen LogP contribution < -0.4 is 15.8 Å². The molecule has 5 rings (SSSR count). The molecular formula is C27H26F2N6O2. The van der Waals surface area contributed by atoms with Crippen LogP contribution in [-0.2, 0) is 4.79 Å². The predicted octanol–water partition coefficient (Wildman–Crippen LogP) is 4.01. The summed E-state index contributed by atoms with van der Waals surface area (Å²) in [6, 6.07) is 10.5. The monoisotopic (exact) mass is 504 g/mol. The smallest absolute Gasteiger partial charge is 0.231 e. The van der Waals surface area contributed by atoms with Crippen LogP contribution in [0.15, 0.2) is 54.9 Å². The third-order valence-electron chi connectivity index (χ3n) is 6.45. The third-order valence-corrected chi connectivity index (χ3v) is 6.45. The van der Waals surface area contributed by atoms with E-state index in [1.807, 2.05) is 11.0 Å². The minimum atomic E-state index is -0.549. The number of aromatic nitrogens is 3. The van der Waals surface area contributed by atoms with Gasteiger partial charge in [-0.1, -0.05) is 0 Å². The highest BCUT2D eigenvalue weighted by molar-refractivity contribution is 5.98. The number of rotatable bonds is 7. The van der Waals surface area contributed by atoms with Crippen LogP contribution in [0.25, 0.3) is 33.4 Å². The molecule has 1 aliphatic heterocycles. The van der Waals surface area contributed by atoms with Crippen LogP contribution in [-0.4, -0.2) is 58.5 Å². The SMILES string of the molecule is COc1cc(-c2cc(F)ccc2F)cc2c(NC3CCN(CC(N)=O)CC3)nc(-c3cccnc3)nc12. The van der Waals surface area contributed by atoms with Gasteiger partial charge in [0.15, 0.2) is 5.82 Å². The first-order chi connectivity index (χ1) is 17.9. The highest BCUT2D eigenvalue weighted by Crippen LogP contribution is 2.37. The molecule has 10 heteroatoms. The number of methoxy groups -OCH3 is 1. The van der Waals surface area contributed by atoms with Gasteiger partial charge in [0.1, 0.15) is 28.7 Å². The normalized spacial score (nSPS) is 14.6. The van der Waals surface area contributed by atoms with E-state index in [-0.39, 0.29) is 24.1 Å². The molecule has 0 bridgehead atoms. The lowest BCUT2D eigenvalue weighted by Gasteiger charge is -2.32. The Bertz CT molecular complexity index is 1440. The maximum absolute atomic E-state index is 14.7. The van der Waals surface area contributed by atoms with Crippen molar-refractivity contribution in [2.45, 2.75) is 18.9 Å². The Morgan fingerprint density at radius 3 is 2.65 bits per heavy atom. The van der Waals surface area contributed by atoms with E-state index in [0.29, 0.717) is 46.9 Å². The van der Waals surface area contributed by atoms with Crippen molar-refractivity contribution in [2.24, 2.45) is 5.73 Å². The molecule has 4 aromatic rings. The first-order valence-electron chi connectivity index (χ1n) is 11.9. The molecular weight excluding hydrogens is 478 g/mol. The Morgan fingerprint density at radius 1 is 1.14 bits per heavy atom. The lowest BCUT2D eigenvalue weighted by atomic mass is 10.0. The summed E-state index contributed by atoms with van der Waals surface area (Å²) in [7, 11) is 1.51. The van der Waals surface area contributed by atoms with E-state index in [2.05, 4.69) is 10.3 Å². The van der Waals surface area contributed by atoms with Crippen molar-refractivity contribution in [3.05, 3.63) is 66.5 Å². The van der Waals surface area contributed by atoms with Crippen LogP contribution in [0, 0.1) is 11.6 Å². The summed E-state index contributed by atoms with van der Waals surface area (Å²) >= 11 is 0. The predicted molar refractivity (Wildman–Crippen MR) is 137 cm³/mol. The van der Waals surface area contributed by atoms with Crippen molar-refractivity contribution in [3.63, 3.8) is 0 Å². The summed E-state index contributed by atoms with van der Waals surface area (Å²) in [6.45, 7) is 1.65. The topological polar surface area (TPSA) is 106 Å². The van der Waals surface area contributed by atoms with Crippen LogP contribution >= 0.6 is 0 Å². The number of benzene rings is 2. The number of primary amides is 1. The highest BCUT2D eigenvalue weighted by atomic mass is 19.1. The molecule has 0 spiro atoms. The van der Waals surface area contributed by atoms with Gasteiger partial charge < -0.3 is 15.8 Å². The van der Waals surface area contributed by atoms with Crippen LogP contribution in [0.1, 0.15) is 12.8 Å². The zero-order chi connectivity index (χ0) is 25.9. The molecule has 0 saturated carbocycles. The number of amides is 1. The van der Waals surface area contributed by atoms with Gasteiger partial charge in [-0.25, -0.2) is 18.7 Å². The van der Waals surface area contributed by atoms with Crippen molar-refractivity contribution in [1.82, 2.24) is 19.9 Å². The number of nitrogens with zero attached hydrogens (tertiary/aromatic N) is 4. The molecule has 1 amide bonds. The molecule has 0 aliphatic carbocycles.